The van der Waals surface area contributed by atoms with Crippen LogP contribution in [0.4, 0.5) is 0 Å². The Hall–Kier alpha value is -0.480. The van der Waals surface area contributed by atoms with Crippen LogP contribution in [0.3, 0.4) is 0 Å². The van der Waals surface area contributed by atoms with Crippen LogP contribution in [0.1, 0.15) is 18.9 Å². The van der Waals surface area contributed by atoms with E-state index in [1.165, 1.54) is 5.56 Å². The Bertz CT molecular complexity index is 411. The highest BCUT2D eigenvalue weighted by atomic mass is 35.5. The molecule has 0 spiro atoms. The molecular weight excluding hydrogens is 295 g/mol. The van der Waals surface area contributed by atoms with Crippen LogP contribution in [0.5, 0.6) is 5.75 Å². The van der Waals surface area contributed by atoms with Crippen molar-refractivity contribution in [2.75, 3.05) is 39.3 Å². The van der Waals surface area contributed by atoms with E-state index in [-0.39, 0.29) is 0 Å². The van der Waals surface area contributed by atoms with Crippen molar-refractivity contribution < 1.29 is 4.74 Å². The van der Waals surface area contributed by atoms with Gasteiger partial charge in [0.2, 0.25) is 0 Å². The van der Waals surface area contributed by atoms with Crippen LogP contribution in [-0.4, -0.2) is 44.2 Å². The molecule has 0 atom stereocenters. The fraction of sp³-hybridized carbons (Fsp3) is 0.600. The SMILES string of the molecule is CCCOc1c(Cl)cc(CCN2CCNCC2)cc1Cl. The second kappa shape index (κ2) is 8.08. The van der Waals surface area contributed by atoms with Crippen molar-refractivity contribution in [3.8, 4) is 5.75 Å². The molecule has 0 amide bonds. The first-order valence-corrected chi connectivity index (χ1v) is 8.00. The number of rotatable bonds is 6. The van der Waals surface area contributed by atoms with Gasteiger partial charge in [-0.2, -0.15) is 0 Å². The molecular formula is C15H22Cl2N2O. The first kappa shape index (κ1) is 15.9. The van der Waals surface area contributed by atoms with E-state index in [9.17, 15) is 0 Å². The molecule has 1 aliphatic heterocycles. The Morgan fingerprint density at radius 1 is 1.20 bits per heavy atom. The van der Waals surface area contributed by atoms with Crippen LogP contribution in [0.25, 0.3) is 0 Å². The first-order valence-electron chi connectivity index (χ1n) is 7.24. The molecule has 3 nitrogen and oxygen atoms in total. The number of ether oxygens (including phenoxy) is 1. The van der Waals surface area contributed by atoms with E-state index in [4.69, 9.17) is 27.9 Å². The van der Waals surface area contributed by atoms with Gasteiger partial charge in [-0.25, -0.2) is 0 Å². The molecule has 1 saturated heterocycles. The number of nitrogens with one attached hydrogen (secondary N) is 1. The van der Waals surface area contributed by atoms with E-state index in [0.29, 0.717) is 22.4 Å². The van der Waals surface area contributed by atoms with Gasteiger partial charge >= 0.3 is 0 Å². The number of hydrogen-bond donors (Lipinski definition) is 1. The number of piperazine rings is 1. The summed E-state index contributed by atoms with van der Waals surface area (Å²) in [6, 6.07) is 3.95. The molecule has 2 rings (SSSR count). The van der Waals surface area contributed by atoms with Gasteiger partial charge in [-0.15, -0.1) is 0 Å². The van der Waals surface area contributed by atoms with Gasteiger partial charge in [0.25, 0.3) is 0 Å². The molecule has 0 radical (unpaired) electrons. The topological polar surface area (TPSA) is 24.5 Å². The third-order valence-electron chi connectivity index (χ3n) is 3.43. The van der Waals surface area contributed by atoms with Crippen molar-refractivity contribution in [1.29, 1.82) is 0 Å². The van der Waals surface area contributed by atoms with E-state index in [1.807, 2.05) is 12.1 Å². The molecule has 0 aromatic heterocycles. The summed E-state index contributed by atoms with van der Waals surface area (Å²) in [6.07, 6.45) is 1.91. The van der Waals surface area contributed by atoms with Gasteiger partial charge in [0.15, 0.2) is 5.75 Å². The van der Waals surface area contributed by atoms with Gasteiger partial charge in [-0.3, -0.25) is 0 Å². The van der Waals surface area contributed by atoms with Gasteiger partial charge in [-0.1, -0.05) is 30.1 Å². The summed E-state index contributed by atoms with van der Waals surface area (Å²) >= 11 is 12.5. The lowest BCUT2D eigenvalue weighted by molar-refractivity contribution is 0.244. The molecule has 20 heavy (non-hydrogen) atoms. The quantitative estimate of drug-likeness (QED) is 0.872. The smallest absolute Gasteiger partial charge is 0.156 e. The zero-order valence-corrected chi connectivity index (χ0v) is 13.4. The monoisotopic (exact) mass is 316 g/mol. The van der Waals surface area contributed by atoms with Crippen LogP contribution < -0.4 is 10.1 Å². The second-order valence-electron chi connectivity index (χ2n) is 5.08. The summed E-state index contributed by atoms with van der Waals surface area (Å²) in [5.74, 6) is 0.612. The van der Waals surface area contributed by atoms with Crippen molar-refractivity contribution in [3.05, 3.63) is 27.7 Å². The zero-order chi connectivity index (χ0) is 14.4. The summed E-state index contributed by atoms with van der Waals surface area (Å²) in [5.41, 5.74) is 1.17. The van der Waals surface area contributed by atoms with Crippen molar-refractivity contribution in [1.82, 2.24) is 10.2 Å². The Kier molecular flexibility index (Phi) is 6.43. The van der Waals surface area contributed by atoms with Gasteiger partial charge in [0.1, 0.15) is 0 Å². The van der Waals surface area contributed by atoms with Gasteiger partial charge in [0.05, 0.1) is 16.7 Å². The molecule has 1 heterocycles. The standard InChI is InChI=1S/C15H22Cl2N2O/c1-2-9-20-15-13(16)10-12(11-14(15)17)3-6-19-7-4-18-5-8-19/h10-11,18H,2-9H2,1H3. The highest BCUT2D eigenvalue weighted by Crippen LogP contribution is 2.34. The lowest BCUT2D eigenvalue weighted by Gasteiger charge is -2.27. The fourth-order valence-electron chi connectivity index (χ4n) is 2.32. The van der Waals surface area contributed by atoms with Crippen LogP contribution in [0, 0.1) is 0 Å². The first-order chi connectivity index (χ1) is 9.70. The minimum Gasteiger partial charge on any atom is -0.490 e. The van der Waals surface area contributed by atoms with Crippen LogP contribution in [-0.2, 0) is 6.42 Å². The van der Waals surface area contributed by atoms with Crippen LogP contribution in [0.2, 0.25) is 10.0 Å². The molecule has 0 bridgehead atoms. The number of halogens is 2. The van der Waals surface area contributed by atoms with E-state index in [1.54, 1.807) is 0 Å². The van der Waals surface area contributed by atoms with Crippen molar-refractivity contribution in [2.24, 2.45) is 0 Å². The molecule has 0 aliphatic carbocycles. The van der Waals surface area contributed by atoms with Gasteiger partial charge in [0, 0.05) is 32.7 Å². The van der Waals surface area contributed by atoms with E-state index < -0.39 is 0 Å². The zero-order valence-electron chi connectivity index (χ0n) is 11.9. The van der Waals surface area contributed by atoms with Crippen LogP contribution in [0.15, 0.2) is 12.1 Å². The average Bonchev–Trinajstić information content (AvgIpc) is 2.45. The summed E-state index contributed by atoms with van der Waals surface area (Å²) in [6.45, 7) is 8.11. The van der Waals surface area contributed by atoms with E-state index in [0.717, 1.165) is 45.6 Å². The normalized spacial score (nSPS) is 16.4. The highest BCUT2D eigenvalue weighted by molar-refractivity contribution is 6.37. The highest BCUT2D eigenvalue weighted by Gasteiger charge is 2.12. The summed E-state index contributed by atoms with van der Waals surface area (Å²) < 4.78 is 5.58. The largest absolute Gasteiger partial charge is 0.490 e. The molecule has 112 valence electrons. The van der Waals surface area contributed by atoms with Crippen molar-refractivity contribution >= 4 is 23.2 Å². The second-order valence-corrected chi connectivity index (χ2v) is 5.89. The van der Waals surface area contributed by atoms with Gasteiger partial charge in [-0.05, 0) is 30.5 Å². The molecule has 1 aromatic rings. The minimum atomic E-state index is 0.612. The van der Waals surface area contributed by atoms with Crippen molar-refractivity contribution in [2.45, 2.75) is 19.8 Å². The fourth-order valence-corrected chi connectivity index (χ4v) is 2.96. The molecule has 1 aliphatic rings. The molecule has 1 aromatic carbocycles. The maximum absolute atomic E-state index is 6.26. The maximum atomic E-state index is 6.26. The van der Waals surface area contributed by atoms with E-state index >= 15 is 0 Å². The molecule has 0 unspecified atom stereocenters. The summed E-state index contributed by atoms with van der Waals surface area (Å²) in [4.78, 5) is 2.46. The molecule has 5 heteroatoms. The Labute approximate surface area is 131 Å². The van der Waals surface area contributed by atoms with Gasteiger partial charge < -0.3 is 15.0 Å². The predicted octanol–water partition coefficient (Wildman–Crippen LogP) is 3.23. The lowest BCUT2D eigenvalue weighted by atomic mass is 10.1. The Morgan fingerprint density at radius 2 is 1.85 bits per heavy atom. The Morgan fingerprint density at radius 3 is 2.45 bits per heavy atom. The molecule has 0 saturated carbocycles. The Balaban J connectivity index is 1.94. The van der Waals surface area contributed by atoms with Crippen LogP contribution >= 0.6 is 23.2 Å². The molecule has 1 N–H and O–H groups in total. The third kappa shape index (κ3) is 4.52. The lowest BCUT2D eigenvalue weighted by Crippen LogP contribution is -2.44. The summed E-state index contributed by atoms with van der Waals surface area (Å²) in [7, 11) is 0. The predicted molar refractivity (Wildman–Crippen MR) is 85.3 cm³/mol. The number of nitrogens with zero attached hydrogens (tertiary/aromatic N) is 1. The number of benzene rings is 1. The number of hydrogen-bond acceptors (Lipinski definition) is 3. The van der Waals surface area contributed by atoms with Crippen molar-refractivity contribution in [3.63, 3.8) is 0 Å². The maximum Gasteiger partial charge on any atom is 0.156 e. The minimum absolute atomic E-state index is 0.612. The summed E-state index contributed by atoms with van der Waals surface area (Å²) in [5, 5.41) is 4.58. The van der Waals surface area contributed by atoms with E-state index in [2.05, 4.69) is 17.1 Å². The average molecular weight is 317 g/mol. The third-order valence-corrected chi connectivity index (χ3v) is 4.00. The molecule has 1 fully saturated rings.